The quantitative estimate of drug-likeness (QED) is 0.910. The highest BCUT2D eigenvalue weighted by Crippen LogP contribution is 2.24. The Hall–Kier alpha value is -0.590. The van der Waals surface area contributed by atoms with Crippen molar-refractivity contribution in [1.82, 2.24) is 4.31 Å². The predicted octanol–water partition coefficient (Wildman–Crippen LogP) is 3.15. The molecule has 1 aromatic rings. The van der Waals surface area contributed by atoms with Gasteiger partial charge in [-0.1, -0.05) is 29.3 Å². The smallest absolute Gasteiger partial charge is 0.271 e. The third-order valence-corrected chi connectivity index (χ3v) is 5.36. The van der Waals surface area contributed by atoms with E-state index in [0.717, 1.165) is 35.7 Å². The molecular formula is C13H19BrN2O2S. The Labute approximate surface area is 123 Å². The van der Waals surface area contributed by atoms with E-state index in [0.29, 0.717) is 18.8 Å². The van der Waals surface area contributed by atoms with Crippen molar-refractivity contribution in [2.24, 2.45) is 0 Å². The van der Waals surface area contributed by atoms with Crippen LogP contribution in [0.4, 0.5) is 5.69 Å². The molecule has 0 bridgehead atoms. The molecule has 1 aliphatic heterocycles. The van der Waals surface area contributed by atoms with Gasteiger partial charge in [-0.05, 0) is 43.0 Å². The van der Waals surface area contributed by atoms with Crippen molar-refractivity contribution in [3.63, 3.8) is 0 Å². The van der Waals surface area contributed by atoms with Crippen LogP contribution in [0.1, 0.15) is 31.7 Å². The summed E-state index contributed by atoms with van der Waals surface area (Å²) < 4.78 is 29.8. The molecule has 0 radical (unpaired) electrons. The van der Waals surface area contributed by atoms with Crippen LogP contribution in [0.5, 0.6) is 0 Å². The zero-order chi connectivity index (χ0) is 13.9. The first-order valence-electron chi connectivity index (χ1n) is 6.59. The molecule has 1 N–H and O–H groups in total. The molecule has 1 aliphatic rings. The van der Waals surface area contributed by atoms with Crippen molar-refractivity contribution in [3.8, 4) is 0 Å². The van der Waals surface area contributed by atoms with Gasteiger partial charge >= 0.3 is 10.2 Å². The average Bonchev–Trinajstić information content (AvgIpc) is 2.41. The van der Waals surface area contributed by atoms with Crippen LogP contribution in [0, 0.1) is 0 Å². The number of halogens is 1. The van der Waals surface area contributed by atoms with Crippen molar-refractivity contribution in [2.75, 3.05) is 17.8 Å². The Kier molecular flexibility index (Phi) is 4.86. The molecule has 0 unspecified atom stereocenters. The molecule has 1 fully saturated rings. The maximum absolute atomic E-state index is 12.3. The summed E-state index contributed by atoms with van der Waals surface area (Å²) in [5, 5.41) is 0. The van der Waals surface area contributed by atoms with Crippen LogP contribution in [0.3, 0.4) is 0 Å². The van der Waals surface area contributed by atoms with Gasteiger partial charge in [-0.3, -0.25) is 4.72 Å². The van der Waals surface area contributed by atoms with E-state index in [-0.39, 0.29) is 0 Å². The van der Waals surface area contributed by atoms with Crippen LogP contribution >= 0.6 is 15.9 Å². The lowest BCUT2D eigenvalue weighted by atomic mass is 10.1. The van der Waals surface area contributed by atoms with Gasteiger partial charge in [-0.15, -0.1) is 0 Å². The van der Waals surface area contributed by atoms with E-state index in [1.807, 2.05) is 25.1 Å². The van der Waals surface area contributed by atoms with Gasteiger partial charge in [0.05, 0.1) is 5.69 Å². The number of nitrogens with zero attached hydrogens (tertiary/aromatic N) is 1. The minimum atomic E-state index is -3.41. The first-order valence-corrected chi connectivity index (χ1v) is 8.82. The van der Waals surface area contributed by atoms with Gasteiger partial charge in [-0.2, -0.15) is 12.7 Å². The van der Waals surface area contributed by atoms with Gasteiger partial charge < -0.3 is 0 Å². The van der Waals surface area contributed by atoms with E-state index in [1.54, 1.807) is 0 Å². The number of hydrogen-bond donors (Lipinski definition) is 1. The molecule has 0 atom stereocenters. The molecule has 0 saturated carbocycles. The number of hydrogen-bond acceptors (Lipinski definition) is 2. The van der Waals surface area contributed by atoms with E-state index < -0.39 is 10.2 Å². The summed E-state index contributed by atoms with van der Waals surface area (Å²) in [4.78, 5) is 0. The minimum absolute atomic E-state index is 0.618. The zero-order valence-electron chi connectivity index (χ0n) is 11.0. The number of benzene rings is 1. The van der Waals surface area contributed by atoms with Gasteiger partial charge in [0.1, 0.15) is 0 Å². The average molecular weight is 347 g/mol. The molecule has 0 aliphatic carbocycles. The van der Waals surface area contributed by atoms with Crippen molar-refractivity contribution in [1.29, 1.82) is 0 Å². The topological polar surface area (TPSA) is 49.4 Å². The summed E-state index contributed by atoms with van der Waals surface area (Å²) in [5.41, 5.74) is 1.67. The molecular weight excluding hydrogens is 328 g/mol. The Morgan fingerprint density at radius 1 is 1.26 bits per heavy atom. The molecule has 1 heterocycles. The zero-order valence-corrected chi connectivity index (χ0v) is 13.4. The van der Waals surface area contributed by atoms with Gasteiger partial charge in [0.15, 0.2) is 0 Å². The summed E-state index contributed by atoms with van der Waals surface area (Å²) >= 11 is 3.41. The van der Waals surface area contributed by atoms with Crippen molar-refractivity contribution < 1.29 is 8.42 Å². The Morgan fingerprint density at radius 2 is 1.95 bits per heavy atom. The van der Waals surface area contributed by atoms with Crippen LogP contribution in [-0.4, -0.2) is 25.8 Å². The molecule has 0 amide bonds. The molecule has 6 heteroatoms. The molecule has 106 valence electrons. The molecule has 4 nitrogen and oxygen atoms in total. The van der Waals surface area contributed by atoms with Crippen LogP contribution < -0.4 is 4.72 Å². The summed E-state index contributed by atoms with van der Waals surface area (Å²) in [6, 6.07) is 5.62. The van der Waals surface area contributed by atoms with E-state index in [2.05, 4.69) is 20.7 Å². The lowest BCUT2D eigenvalue weighted by Gasteiger charge is -2.26. The van der Waals surface area contributed by atoms with E-state index in [1.165, 1.54) is 4.31 Å². The van der Waals surface area contributed by atoms with Crippen LogP contribution in [0.25, 0.3) is 0 Å². The molecule has 19 heavy (non-hydrogen) atoms. The van der Waals surface area contributed by atoms with Gasteiger partial charge in [0.25, 0.3) is 0 Å². The maximum atomic E-state index is 12.3. The Bertz CT molecular complexity index is 540. The Balaban J connectivity index is 2.19. The standard InChI is InChI=1S/C13H19BrN2O2S/c1-2-11-10-12(14)6-7-13(11)15-19(17,18)16-8-4-3-5-9-16/h6-7,10,15H,2-5,8-9H2,1H3. The molecule has 1 aromatic carbocycles. The molecule has 0 aromatic heterocycles. The number of nitrogens with one attached hydrogen (secondary N) is 1. The number of aryl methyl sites for hydroxylation is 1. The summed E-state index contributed by atoms with van der Waals surface area (Å²) in [5.74, 6) is 0. The summed E-state index contributed by atoms with van der Waals surface area (Å²) in [6.07, 6.45) is 3.80. The summed E-state index contributed by atoms with van der Waals surface area (Å²) in [6.45, 7) is 3.25. The van der Waals surface area contributed by atoms with Crippen LogP contribution in [0.15, 0.2) is 22.7 Å². The Morgan fingerprint density at radius 3 is 2.58 bits per heavy atom. The normalized spacial score (nSPS) is 17.4. The highest BCUT2D eigenvalue weighted by molar-refractivity contribution is 9.10. The van der Waals surface area contributed by atoms with E-state index >= 15 is 0 Å². The molecule has 2 rings (SSSR count). The number of anilines is 1. The fraction of sp³-hybridized carbons (Fsp3) is 0.538. The van der Waals surface area contributed by atoms with E-state index in [4.69, 9.17) is 0 Å². The highest BCUT2D eigenvalue weighted by Gasteiger charge is 2.24. The van der Waals surface area contributed by atoms with Gasteiger partial charge in [-0.25, -0.2) is 0 Å². The second-order valence-corrected chi connectivity index (χ2v) is 7.31. The van der Waals surface area contributed by atoms with Gasteiger partial charge in [0, 0.05) is 17.6 Å². The minimum Gasteiger partial charge on any atom is -0.271 e. The molecule has 0 spiro atoms. The second-order valence-electron chi connectivity index (χ2n) is 4.72. The third-order valence-electron chi connectivity index (χ3n) is 3.34. The summed E-state index contributed by atoms with van der Waals surface area (Å²) in [7, 11) is -3.41. The fourth-order valence-electron chi connectivity index (χ4n) is 2.26. The number of piperidine rings is 1. The third kappa shape index (κ3) is 3.70. The fourth-order valence-corrected chi connectivity index (χ4v) is 4.02. The highest BCUT2D eigenvalue weighted by atomic mass is 79.9. The van der Waals surface area contributed by atoms with Crippen LogP contribution in [-0.2, 0) is 16.6 Å². The molecule has 1 saturated heterocycles. The predicted molar refractivity (Wildman–Crippen MR) is 81.5 cm³/mol. The second kappa shape index (κ2) is 6.24. The first kappa shape index (κ1) is 14.8. The largest absolute Gasteiger partial charge is 0.301 e. The van der Waals surface area contributed by atoms with Gasteiger partial charge in [0.2, 0.25) is 0 Å². The lowest BCUT2D eigenvalue weighted by molar-refractivity contribution is 0.349. The monoisotopic (exact) mass is 346 g/mol. The lowest BCUT2D eigenvalue weighted by Crippen LogP contribution is -2.39. The van der Waals surface area contributed by atoms with E-state index in [9.17, 15) is 8.42 Å². The van der Waals surface area contributed by atoms with Crippen molar-refractivity contribution >= 4 is 31.8 Å². The SMILES string of the molecule is CCc1cc(Br)ccc1NS(=O)(=O)N1CCCCC1. The van der Waals surface area contributed by atoms with Crippen molar-refractivity contribution in [2.45, 2.75) is 32.6 Å². The number of rotatable bonds is 4. The first-order chi connectivity index (χ1) is 9.03. The van der Waals surface area contributed by atoms with Crippen molar-refractivity contribution in [3.05, 3.63) is 28.2 Å². The maximum Gasteiger partial charge on any atom is 0.301 e. The van der Waals surface area contributed by atoms with Crippen LogP contribution in [0.2, 0.25) is 0 Å².